The molecule has 0 saturated heterocycles. The van der Waals surface area contributed by atoms with Gasteiger partial charge in [-0.15, -0.1) is 0 Å². The Morgan fingerprint density at radius 1 is 0.868 bits per heavy atom. The van der Waals surface area contributed by atoms with Gasteiger partial charge in [0, 0.05) is 16.7 Å². The first kappa shape index (κ1) is 33.0. The van der Waals surface area contributed by atoms with Gasteiger partial charge in [0.15, 0.2) is 5.78 Å². The zero-order valence-corrected chi connectivity index (χ0v) is 24.9. The molecular formula is C32H48NO5+. The summed E-state index contributed by atoms with van der Waals surface area (Å²) >= 11 is 0. The standard InChI is InChI=1S/C23H30NO3.C9H18O2/c1-5-18(2)23(26)27-16-15-24(3,4)17-19-11-13-21(14-12-19)22(25)20-9-7-6-8-10-20;1-6-9(4,5)8(10)11-7(2)3/h6-14,18H,5,15-17H2,1-4H3;7H,6H2,1-5H3/q+1;. The molecule has 0 aliphatic carbocycles. The van der Waals surface area contributed by atoms with Crippen LogP contribution in [0.15, 0.2) is 54.6 Å². The van der Waals surface area contributed by atoms with Crippen LogP contribution in [-0.4, -0.2) is 55.6 Å². The summed E-state index contributed by atoms with van der Waals surface area (Å²) in [5, 5.41) is 0. The van der Waals surface area contributed by atoms with Gasteiger partial charge in [-0.3, -0.25) is 14.4 Å². The monoisotopic (exact) mass is 526 g/mol. The number of ether oxygens (including phenoxy) is 2. The van der Waals surface area contributed by atoms with Crippen molar-refractivity contribution in [2.75, 3.05) is 27.2 Å². The fourth-order valence-electron chi connectivity index (χ4n) is 3.31. The van der Waals surface area contributed by atoms with Crippen molar-refractivity contribution in [2.45, 2.75) is 74.0 Å². The zero-order chi connectivity index (χ0) is 28.9. The molecule has 1 atom stereocenters. The fourth-order valence-corrected chi connectivity index (χ4v) is 3.31. The molecule has 38 heavy (non-hydrogen) atoms. The largest absolute Gasteiger partial charge is 0.463 e. The number of nitrogens with zero attached hydrogens (tertiary/aromatic N) is 1. The molecule has 0 heterocycles. The Morgan fingerprint density at radius 3 is 1.92 bits per heavy atom. The number of carbonyl (C=O) groups excluding carboxylic acids is 3. The van der Waals surface area contributed by atoms with E-state index in [0.717, 1.165) is 31.5 Å². The van der Waals surface area contributed by atoms with Crippen molar-refractivity contribution in [3.63, 3.8) is 0 Å². The summed E-state index contributed by atoms with van der Waals surface area (Å²) in [7, 11) is 4.22. The van der Waals surface area contributed by atoms with Crippen molar-refractivity contribution in [3.05, 3.63) is 71.3 Å². The molecule has 1 unspecified atom stereocenters. The highest BCUT2D eigenvalue weighted by molar-refractivity contribution is 6.08. The first-order valence-corrected chi connectivity index (χ1v) is 13.6. The van der Waals surface area contributed by atoms with Crippen LogP contribution >= 0.6 is 0 Å². The summed E-state index contributed by atoms with van der Waals surface area (Å²) in [6.45, 7) is 15.4. The lowest BCUT2D eigenvalue weighted by Crippen LogP contribution is -2.42. The molecule has 6 nitrogen and oxygen atoms in total. The van der Waals surface area contributed by atoms with E-state index in [9.17, 15) is 14.4 Å². The molecule has 2 rings (SSSR count). The molecule has 6 heteroatoms. The minimum absolute atomic E-state index is 0.00618. The van der Waals surface area contributed by atoms with Crippen molar-refractivity contribution < 1.29 is 28.3 Å². The predicted octanol–water partition coefficient (Wildman–Crippen LogP) is 6.46. The fraction of sp³-hybridized carbons (Fsp3) is 0.531. The van der Waals surface area contributed by atoms with Crippen LogP contribution < -0.4 is 0 Å². The zero-order valence-electron chi connectivity index (χ0n) is 24.9. The van der Waals surface area contributed by atoms with E-state index in [-0.39, 0.29) is 35.2 Å². The quantitative estimate of drug-likeness (QED) is 0.180. The molecule has 0 aromatic heterocycles. The lowest BCUT2D eigenvalue weighted by atomic mass is 9.91. The van der Waals surface area contributed by atoms with Crippen LogP contribution in [0.2, 0.25) is 0 Å². The molecule has 0 spiro atoms. The number of benzene rings is 2. The molecular weight excluding hydrogens is 478 g/mol. The van der Waals surface area contributed by atoms with Crippen LogP contribution in [0.1, 0.15) is 82.8 Å². The van der Waals surface area contributed by atoms with Gasteiger partial charge in [-0.1, -0.05) is 75.4 Å². The summed E-state index contributed by atoms with van der Waals surface area (Å²) in [4.78, 5) is 35.5. The molecule has 0 aliphatic rings. The highest BCUT2D eigenvalue weighted by Crippen LogP contribution is 2.22. The average Bonchev–Trinajstić information content (AvgIpc) is 2.88. The Balaban J connectivity index is 0.000000554. The first-order valence-electron chi connectivity index (χ1n) is 13.6. The second kappa shape index (κ2) is 15.4. The summed E-state index contributed by atoms with van der Waals surface area (Å²) in [5.74, 6) is -0.237. The van der Waals surface area contributed by atoms with Crippen LogP contribution in [0.4, 0.5) is 0 Å². The SMILES string of the molecule is CCC(C)(C)C(=O)OC(C)C.CCC(C)C(=O)OCC[N+](C)(C)Cc1ccc(C(=O)c2ccccc2)cc1. The van der Waals surface area contributed by atoms with Crippen molar-refractivity contribution in [1.82, 2.24) is 0 Å². The maximum Gasteiger partial charge on any atom is 0.311 e. The van der Waals surface area contributed by atoms with Gasteiger partial charge in [0.2, 0.25) is 0 Å². The lowest BCUT2D eigenvalue weighted by molar-refractivity contribution is -0.903. The maximum absolute atomic E-state index is 12.5. The number of rotatable bonds is 12. The van der Waals surface area contributed by atoms with Crippen LogP contribution in [-0.2, 0) is 25.6 Å². The Bertz CT molecular complexity index is 1010. The number of carbonyl (C=O) groups is 3. The summed E-state index contributed by atoms with van der Waals surface area (Å²) < 4.78 is 11.1. The third-order valence-corrected chi connectivity index (χ3v) is 6.60. The second-order valence-electron chi connectivity index (χ2n) is 11.4. The van der Waals surface area contributed by atoms with E-state index in [1.807, 2.05) is 103 Å². The smallest absolute Gasteiger partial charge is 0.311 e. The third-order valence-electron chi connectivity index (χ3n) is 6.60. The minimum atomic E-state index is -0.329. The number of hydrogen-bond acceptors (Lipinski definition) is 5. The maximum atomic E-state index is 12.5. The second-order valence-corrected chi connectivity index (χ2v) is 11.4. The van der Waals surface area contributed by atoms with Gasteiger partial charge in [0.05, 0.1) is 31.5 Å². The number of hydrogen-bond donors (Lipinski definition) is 0. The molecule has 0 fully saturated rings. The van der Waals surface area contributed by atoms with E-state index in [0.29, 0.717) is 22.2 Å². The summed E-state index contributed by atoms with van der Waals surface area (Å²) in [6.07, 6.45) is 1.61. The highest BCUT2D eigenvalue weighted by Gasteiger charge is 2.27. The van der Waals surface area contributed by atoms with E-state index < -0.39 is 0 Å². The van der Waals surface area contributed by atoms with Crippen molar-refractivity contribution in [1.29, 1.82) is 0 Å². The van der Waals surface area contributed by atoms with Gasteiger partial charge in [-0.25, -0.2) is 0 Å². The van der Waals surface area contributed by atoms with Gasteiger partial charge < -0.3 is 14.0 Å². The van der Waals surface area contributed by atoms with Crippen LogP contribution in [0.3, 0.4) is 0 Å². The van der Waals surface area contributed by atoms with Crippen LogP contribution in [0, 0.1) is 11.3 Å². The molecule has 0 saturated carbocycles. The normalized spacial score (nSPS) is 12.3. The Labute approximate surface area is 229 Å². The van der Waals surface area contributed by atoms with Crippen molar-refractivity contribution in [3.8, 4) is 0 Å². The van der Waals surface area contributed by atoms with Gasteiger partial charge in [-0.2, -0.15) is 0 Å². The van der Waals surface area contributed by atoms with E-state index in [4.69, 9.17) is 9.47 Å². The van der Waals surface area contributed by atoms with Crippen molar-refractivity contribution >= 4 is 17.7 Å². The van der Waals surface area contributed by atoms with Crippen LogP contribution in [0.25, 0.3) is 0 Å². The van der Waals surface area contributed by atoms with Crippen molar-refractivity contribution in [2.24, 2.45) is 11.3 Å². The topological polar surface area (TPSA) is 69.7 Å². The van der Waals surface area contributed by atoms with Gasteiger partial charge >= 0.3 is 11.9 Å². The predicted molar refractivity (Wildman–Crippen MR) is 153 cm³/mol. The molecule has 0 N–H and O–H groups in total. The number of quaternary nitrogens is 1. The molecule has 2 aromatic carbocycles. The Kier molecular flexibility index (Phi) is 13.4. The van der Waals surface area contributed by atoms with Crippen LogP contribution in [0.5, 0.6) is 0 Å². The van der Waals surface area contributed by atoms with Gasteiger partial charge in [0.1, 0.15) is 19.7 Å². The molecule has 0 radical (unpaired) electrons. The summed E-state index contributed by atoms with van der Waals surface area (Å²) in [6, 6.07) is 17.1. The lowest BCUT2D eigenvalue weighted by Gasteiger charge is -2.29. The average molecular weight is 527 g/mol. The highest BCUT2D eigenvalue weighted by atomic mass is 16.5. The number of likely N-dealkylation sites (N-methyl/N-ethyl adjacent to an activating group) is 1. The summed E-state index contributed by atoms with van der Waals surface area (Å²) in [5.41, 5.74) is 2.21. The first-order chi connectivity index (χ1) is 17.7. The van der Waals surface area contributed by atoms with E-state index in [2.05, 4.69) is 14.1 Å². The number of ketones is 1. The molecule has 0 bridgehead atoms. The number of esters is 2. The molecule has 0 amide bonds. The molecule has 0 aliphatic heterocycles. The third kappa shape index (κ3) is 11.6. The van der Waals surface area contributed by atoms with E-state index in [1.54, 1.807) is 0 Å². The minimum Gasteiger partial charge on any atom is -0.463 e. The Hall–Kier alpha value is -2.99. The Morgan fingerprint density at radius 2 is 1.42 bits per heavy atom. The van der Waals surface area contributed by atoms with Gasteiger partial charge in [-0.05, 0) is 40.5 Å². The van der Waals surface area contributed by atoms with E-state index in [1.165, 1.54) is 0 Å². The molecule has 2 aromatic rings. The van der Waals surface area contributed by atoms with E-state index >= 15 is 0 Å². The van der Waals surface area contributed by atoms with Gasteiger partial charge in [0.25, 0.3) is 0 Å². The molecule has 210 valence electrons.